The third kappa shape index (κ3) is 5.69. The van der Waals surface area contributed by atoms with Crippen LogP contribution in [0, 0.1) is 5.92 Å². The Kier molecular flexibility index (Phi) is 6.79. The number of rotatable bonds is 7. The van der Waals surface area contributed by atoms with Crippen LogP contribution >= 0.6 is 0 Å². The fourth-order valence-electron chi connectivity index (χ4n) is 2.53. The lowest BCUT2D eigenvalue weighted by molar-refractivity contribution is 0.450. The van der Waals surface area contributed by atoms with E-state index in [0.717, 1.165) is 5.92 Å². The van der Waals surface area contributed by atoms with E-state index in [0.29, 0.717) is 6.04 Å². The Bertz CT molecular complexity index is 205. The lowest BCUT2D eigenvalue weighted by atomic mass is 9.92. The van der Waals surface area contributed by atoms with Crippen LogP contribution in [0.2, 0.25) is 0 Å². The van der Waals surface area contributed by atoms with E-state index in [1.54, 1.807) is 5.57 Å². The summed E-state index contributed by atoms with van der Waals surface area (Å²) in [5, 5.41) is 3.48. The summed E-state index contributed by atoms with van der Waals surface area (Å²) in [5.41, 5.74) is 1.70. The van der Waals surface area contributed by atoms with Gasteiger partial charge >= 0.3 is 0 Å². The quantitative estimate of drug-likeness (QED) is 0.635. The molecule has 0 amide bonds. The van der Waals surface area contributed by atoms with Crippen molar-refractivity contribution < 1.29 is 0 Å². The van der Waals surface area contributed by atoms with Gasteiger partial charge in [0.25, 0.3) is 0 Å². The second kappa shape index (κ2) is 7.89. The van der Waals surface area contributed by atoms with Crippen molar-refractivity contribution in [2.24, 2.45) is 5.92 Å². The van der Waals surface area contributed by atoms with Gasteiger partial charge in [0, 0.05) is 6.04 Å². The van der Waals surface area contributed by atoms with E-state index in [2.05, 4.69) is 32.3 Å². The van der Waals surface area contributed by atoms with Crippen LogP contribution in [0.3, 0.4) is 0 Å². The van der Waals surface area contributed by atoms with E-state index in [1.165, 1.54) is 51.4 Å². The number of allylic oxidation sites excluding steroid dienone is 1. The Balaban J connectivity index is 2.22. The van der Waals surface area contributed by atoms with E-state index < -0.39 is 0 Å². The third-order valence-electron chi connectivity index (χ3n) is 3.64. The molecule has 0 bridgehead atoms. The van der Waals surface area contributed by atoms with Gasteiger partial charge in [-0.05, 0) is 51.5 Å². The van der Waals surface area contributed by atoms with Crippen molar-refractivity contribution in [1.29, 1.82) is 0 Å². The molecule has 1 aliphatic rings. The van der Waals surface area contributed by atoms with Gasteiger partial charge in [0.05, 0.1) is 0 Å². The van der Waals surface area contributed by atoms with Crippen LogP contribution in [0.4, 0.5) is 0 Å². The fourth-order valence-corrected chi connectivity index (χ4v) is 2.53. The van der Waals surface area contributed by atoms with Crippen LogP contribution in [-0.2, 0) is 0 Å². The zero-order chi connectivity index (χ0) is 11.8. The van der Waals surface area contributed by atoms with Gasteiger partial charge in [-0.15, -0.1) is 0 Å². The lowest BCUT2D eigenvalue weighted by Gasteiger charge is -2.20. The van der Waals surface area contributed by atoms with Crippen molar-refractivity contribution in [3.8, 4) is 0 Å². The van der Waals surface area contributed by atoms with Crippen molar-refractivity contribution in [2.75, 3.05) is 7.05 Å². The van der Waals surface area contributed by atoms with Crippen LogP contribution < -0.4 is 5.32 Å². The van der Waals surface area contributed by atoms with Crippen LogP contribution in [0.15, 0.2) is 11.6 Å². The second-order valence-corrected chi connectivity index (χ2v) is 5.62. The standard InChI is InChI=1S/C15H29N/c1-13(2)8-7-11-15(16-3)12-14-9-5-4-6-10-14/h9,13,15-16H,4-8,10-12H2,1-3H3. The smallest absolute Gasteiger partial charge is 0.0101 e. The SMILES string of the molecule is CNC(CCCC(C)C)CC1=CCCCC1. The van der Waals surface area contributed by atoms with Crippen molar-refractivity contribution in [2.45, 2.75) is 71.3 Å². The Labute approximate surface area is 102 Å². The first kappa shape index (κ1) is 13.8. The van der Waals surface area contributed by atoms with Crippen LogP contribution in [0.25, 0.3) is 0 Å². The monoisotopic (exact) mass is 223 g/mol. The molecule has 0 aliphatic heterocycles. The van der Waals surface area contributed by atoms with Gasteiger partial charge in [0.1, 0.15) is 0 Å². The average Bonchev–Trinajstić information content (AvgIpc) is 2.28. The minimum absolute atomic E-state index is 0.711. The largest absolute Gasteiger partial charge is 0.317 e. The molecule has 0 aromatic carbocycles. The molecular formula is C15H29N. The molecule has 94 valence electrons. The summed E-state index contributed by atoms with van der Waals surface area (Å²) in [6.45, 7) is 4.64. The first-order valence-corrected chi connectivity index (χ1v) is 7.07. The zero-order valence-electron chi connectivity index (χ0n) is 11.4. The van der Waals surface area contributed by atoms with Gasteiger partial charge in [-0.25, -0.2) is 0 Å². The number of nitrogens with one attached hydrogen (secondary N) is 1. The Morgan fingerprint density at radius 1 is 1.25 bits per heavy atom. The highest BCUT2D eigenvalue weighted by molar-refractivity contribution is 5.06. The fraction of sp³-hybridized carbons (Fsp3) is 0.867. The van der Waals surface area contributed by atoms with Gasteiger partial charge in [-0.2, -0.15) is 0 Å². The maximum Gasteiger partial charge on any atom is 0.0101 e. The molecule has 1 rings (SSSR count). The van der Waals surface area contributed by atoms with Crippen molar-refractivity contribution >= 4 is 0 Å². The first-order valence-electron chi connectivity index (χ1n) is 7.07. The highest BCUT2D eigenvalue weighted by Gasteiger charge is 2.11. The Hall–Kier alpha value is -0.300. The van der Waals surface area contributed by atoms with Crippen molar-refractivity contribution in [3.05, 3.63) is 11.6 Å². The summed E-state index contributed by atoms with van der Waals surface area (Å²) in [6.07, 6.45) is 13.3. The molecule has 1 aliphatic carbocycles. The Morgan fingerprint density at radius 2 is 2.06 bits per heavy atom. The van der Waals surface area contributed by atoms with Gasteiger partial charge in [0.2, 0.25) is 0 Å². The van der Waals surface area contributed by atoms with Crippen LogP contribution in [-0.4, -0.2) is 13.1 Å². The molecule has 0 aromatic heterocycles. The van der Waals surface area contributed by atoms with Gasteiger partial charge in [0.15, 0.2) is 0 Å². The highest BCUT2D eigenvalue weighted by atomic mass is 14.9. The van der Waals surface area contributed by atoms with Gasteiger partial charge < -0.3 is 5.32 Å². The molecule has 1 N–H and O–H groups in total. The zero-order valence-corrected chi connectivity index (χ0v) is 11.4. The maximum atomic E-state index is 3.48. The van der Waals surface area contributed by atoms with E-state index in [1.807, 2.05) is 0 Å². The molecule has 1 atom stereocenters. The summed E-state index contributed by atoms with van der Waals surface area (Å²) in [7, 11) is 2.11. The molecule has 0 fully saturated rings. The molecule has 0 heterocycles. The molecule has 0 radical (unpaired) electrons. The Morgan fingerprint density at radius 3 is 2.62 bits per heavy atom. The van der Waals surface area contributed by atoms with Gasteiger partial charge in [-0.1, -0.05) is 38.3 Å². The maximum absolute atomic E-state index is 3.48. The summed E-state index contributed by atoms with van der Waals surface area (Å²) in [6, 6.07) is 0.711. The van der Waals surface area contributed by atoms with Gasteiger partial charge in [-0.3, -0.25) is 0 Å². The summed E-state index contributed by atoms with van der Waals surface area (Å²) >= 11 is 0. The second-order valence-electron chi connectivity index (χ2n) is 5.62. The molecule has 1 unspecified atom stereocenters. The number of hydrogen-bond donors (Lipinski definition) is 1. The number of hydrogen-bond acceptors (Lipinski definition) is 1. The molecular weight excluding hydrogens is 194 g/mol. The van der Waals surface area contributed by atoms with Crippen LogP contribution in [0.1, 0.15) is 65.2 Å². The minimum atomic E-state index is 0.711. The van der Waals surface area contributed by atoms with E-state index in [4.69, 9.17) is 0 Å². The van der Waals surface area contributed by atoms with E-state index >= 15 is 0 Å². The minimum Gasteiger partial charge on any atom is -0.317 e. The lowest BCUT2D eigenvalue weighted by Crippen LogP contribution is -2.26. The third-order valence-corrected chi connectivity index (χ3v) is 3.64. The topological polar surface area (TPSA) is 12.0 Å². The molecule has 0 saturated carbocycles. The highest BCUT2D eigenvalue weighted by Crippen LogP contribution is 2.23. The predicted molar refractivity (Wildman–Crippen MR) is 72.7 cm³/mol. The average molecular weight is 223 g/mol. The molecule has 0 aromatic rings. The normalized spacial score (nSPS) is 18.6. The molecule has 1 nitrogen and oxygen atoms in total. The molecule has 16 heavy (non-hydrogen) atoms. The van der Waals surface area contributed by atoms with Crippen molar-refractivity contribution in [1.82, 2.24) is 5.32 Å². The molecule has 1 heteroatoms. The van der Waals surface area contributed by atoms with Crippen molar-refractivity contribution in [3.63, 3.8) is 0 Å². The van der Waals surface area contributed by atoms with E-state index in [9.17, 15) is 0 Å². The summed E-state index contributed by atoms with van der Waals surface area (Å²) in [4.78, 5) is 0. The molecule has 0 saturated heterocycles. The predicted octanol–water partition coefficient (Wildman–Crippen LogP) is 4.29. The molecule has 0 spiro atoms. The first-order chi connectivity index (χ1) is 7.72. The van der Waals surface area contributed by atoms with E-state index in [-0.39, 0.29) is 0 Å². The summed E-state index contributed by atoms with van der Waals surface area (Å²) < 4.78 is 0. The van der Waals surface area contributed by atoms with Crippen LogP contribution in [0.5, 0.6) is 0 Å². The summed E-state index contributed by atoms with van der Waals surface area (Å²) in [5.74, 6) is 0.853.